The second kappa shape index (κ2) is 4.06. The molecule has 1 aromatic rings. The van der Waals surface area contributed by atoms with Gasteiger partial charge >= 0.3 is 6.03 Å². The third-order valence-corrected chi connectivity index (χ3v) is 2.10. The van der Waals surface area contributed by atoms with Gasteiger partial charge < -0.3 is 5.32 Å². The van der Waals surface area contributed by atoms with E-state index in [2.05, 4.69) is 5.32 Å². The Kier molecular flexibility index (Phi) is 3.04. The SMILES string of the molecule is CCCNC(=O)n1sccc1=O. The summed E-state index contributed by atoms with van der Waals surface area (Å²) in [5, 5.41) is 4.20. The average Bonchev–Trinajstić information content (AvgIpc) is 2.47. The maximum Gasteiger partial charge on any atom is 0.338 e. The van der Waals surface area contributed by atoms with Gasteiger partial charge in [0.2, 0.25) is 0 Å². The lowest BCUT2D eigenvalue weighted by Gasteiger charge is -2.00. The zero-order valence-corrected chi connectivity index (χ0v) is 7.56. The Balaban J connectivity index is 2.66. The fourth-order valence-corrected chi connectivity index (χ4v) is 1.34. The van der Waals surface area contributed by atoms with E-state index in [4.69, 9.17) is 0 Å². The topological polar surface area (TPSA) is 51.1 Å². The molecule has 4 nitrogen and oxygen atoms in total. The van der Waals surface area contributed by atoms with Crippen LogP contribution < -0.4 is 10.9 Å². The van der Waals surface area contributed by atoms with Crippen molar-refractivity contribution in [3.63, 3.8) is 0 Å². The van der Waals surface area contributed by atoms with Gasteiger partial charge in [-0.05, 0) is 6.42 Å². The minimum Gasteiger partial charge on any atom is -0.337 e. The number of nitrogens with one attached hydrogen (secondary N) is 1. The molecule has 0 saturated heterocycles. The van der Waals surface area contributed by atoms with Gasteiger partial charge in [-0.3, -0.25) is 4.79 Å². The molecule has 1 rings (SSSR count). The highest BCUT2D eigenvalue weighted by Crippen LogP contribution is 1.91. The quantitative estimate of drug-likeness (QED) is 0.745. The Morgan fingerprint density at radius 2 is 2.50 bits per heavy atom. The lowest BCUT2D eigenvalue weighted by molar-refractivity contribution is 0.244. The van der Waals surface area contributed by atoms with Gasteiger partial charge in [0.25, 0.3) is 5.56 Å². The highest BCUT2D eigenvalue weighted by atomic mass is 32.1. The van der Waals surface area contributed by atoms with Crippen LogP contribution in [0.1, 0.15) is 13.3 Å². The number of amides is 1. The fraction of sp³-hybridized carbons (Fsp3) is 0.429. The average molecular weight is 186 g/mol. The van der Waals surface area contributed by atoms with Gasteiger partial charge in [0, 0.05) is 18.0 Å². The molecule has 0 spiro atoms. The minimum atomic E-state index is -0.336. The molecule has 0 bridgehead atoms. The van der Waals surface area contributed by atoms with Crippen LogP contribution in [0.3, 0.4) is 0 Å². The second-order valence-corrected chi connectivity index (χ2v) is 3.12. The maximum absolute atomic E-state index is 11.1. The molecular formula is C7H10N2O2S. The van der Waals surface area contributed by atoms with Crippen molar-refractivity contribution in [3.05, 3.63) is 21.8 Å². The molecule has 0 aliphatic carbocycles. The van der Waals surface area contributed by atoms with Crippen LogP contribution in [0.15, 0.2) is 16.2 Å². The fourth-order valence-electron chi connectivity index (χ4n) is 0.721. The van der Waals surface area contributed by atoms with Gasteiger partial charge in [-0.1, -0.05) is 18.5 Å². The highest BCUT2D eigenvalue weighted by Gasteiger charge is 2.05. The first-order valence-corrected chi connectivity index (χ1v) is 4.54. The molecule has 1 aromatic heterocycles. The van der Waals surface area contributed by atoms with Crippen molar-refractivity contribution in [1.29, 1.82) is 0 Å². The number of rotatable bonds is 2. The Bertz CT molecular complexity index is 315. The van der Waals surface area contributed by atoms with E-state index in [1.807, 2.05) is 6.92 Å². The molecule has 12 heavy (non-hydrogen) atoms. The first-order valence-electron chi connectivity index (χ1n) is 3.71. The van der Waals surface area contributed by atoms with Gasteiger partial charge in [-0.2, -0.15) is 3.96 Å². The molecule has 0 aromatic carbocycles. The van der Waals surface area contributed by atoms with Gasteiger partial charge in [0.1, 0.15) is 0 Å². The van der Waals surface area contributed by atoms with Gasteiger partial charge in [-0.15, -0.1) is 0 Å². The molecule has 1 amide bonds. The number of hydrogen-bond donors (Lipinski definition) is 1. The van der Waals surface area contributed by atoms with Gasteiger partial charge in [0.05, 0.1) is 0 Å². The predicted molar refractivity (Wildman–Crippen MR) is 47.7 cm³/mol. The van der Waals surface area contributed by atoms with E-state index in [0.717, 1.165) is 21.9 Å². The molecule has 0 unspecified atom stereocenters. The van der Waals surface area contributed by atoms with Crippen LogP contribution in [0.4, 0.5) is 4.79 Å². The number of carbonyl (C=O) groups excluding carboxylic acids is 1. The van der Waals surface area contributed by atoms with Crippen molar-refractivity contribution in [2.24, 2.45) is 0 Å². The van der Waals surface area contributed by atoms with Crippen molar-refractivity contribution in [2.75, 3.05) is 6.54 Å². The molecule has 0 fully saturated rings. The summed E-state index contributed by atoms with van der Waals surface area (Å²) in [6.07, 6.45) is 0.867. The first-order chi connectivity index (χ1) is 5.75. The number of hydrogen-bond acceptors (Lipinski definition) is 3. The molecule has 0 aliphatic rings. The monoisotopic (exact) mass is 186 g/mol. The molecule has 1 heterocycles. The molecule has 0 aliphatic heterocycles. The van der Waals surface area contributed by atoms with E-state index >= 15 is 0 Å². The highest BCUT2D eigenvalue weighted by molar-refractivity contribution is 7.05. The summed E-state index contributed by atoms with van der Waals surface area (Å²) in [5.41, 5.74) is -0.270. The molecule has 0 atom stereocenters. The Hall–Kier alpha value is -1.10. The smallest absolute Gasteiger partial charge is 0.337 e. The standard InChI is InChI=1S/C7H10N2O2S/c1-2-4-8-7(11)9-6(10)3-5-12-9/h3,5H,2,4H2,1H3,(H,8,11). The van der Waals surface area contributed by atoms with Crippen molar-refractivity contribution in [1.82, 2.24) is 9.27 Å². The Labute approximate surface area is 74.0 Å². The lowest BCUT2D eigenvalue weighted by atomic mass is 10.5. The van der Waals surface area contributed by atoms with E-state index in [9.17, 15) is 9.59 Å². The zero-order valence-electron chi connectivity index (χ0n) is 6.74. The minimum absolute atomic E-state index is 0.270. The zero-order chi connectivity index (χ0) is 8.97. The van der Waals surface area contributed by atoms with E-state index in [1.54, 1.807) is 5.38 Å². The van der Waals surface area contributed by atoms with Gasteiger partial charge in [0.15, 0.2) is 0 Å². The molecule has 66 valence electrons. The van der Waals surface area contributed by atoms with E-state index < -0.39 is 0 Å². The summed E-state index contributed by atoms with van der Waals surface area (Å²) in [4.78, 5) is 22.1. The molecule has 1 N–H and O–H groups in total. The van der Waals surface area contributed by atoms with Crippen LogP contribution in [0.5, 0.6) is 0 Å². The second-order valence-electron chi connectivity index (χ2n) is 2.27. The summed E-state index contributed by atoms with van der Waals surface area (Å²) in [6, 6.07) is 1.03. The normalized spacial score (nSPS) is 9.75. The van der Waals surface area contributed by atoms with E-state index in [-0.39, 0.29) is 11.6 Å². The molecular weight excluding hydrogens is 176 g/mol. The van der Waals surface area contributed by atoms with Gasteiger partial charge in [-0.25, -0.2) is 4.79 Å². The van der Waals surface area contributed by atoms with Crippen LogP contribution in [0.25, 0.3) is 0 Å². The van der Waals surface area contributed by atoms with Crippen LogP contribution in [0, 0.1) is 0 Å². The van der Waals surface area contributed by atoms with Crippen LogP contribution in [-0.2, 0) is 0 Å². The largest absolute Gasteiger partial charge is 0.338 e. The third kappa shape index (κ3) is 1.94. The van der Waals surface area contributed by atoms with Crippen molar-refractivity contribution in [2.45, 2.75) is 13.3 Å². The lowest BCUT2D eigenvalue weighted by Crippen LogP contribution is -2.33. The predicted octanol–water partition coefficient (Wildman–Crippen LogP) is 0.877. The summed E-state index contributed by atoms with van der Waals surface area (Å²) in [5.74, 6) is 0. The van der Waals surface area contributed by atoms with Crippen molar-refractivity contribution < 1.29 is 4.79 Å². The summed E-state index contributed by atoms with van der Waals surface area (Å²) in [7, 11) is 0. The van der Waals surface area contributed by atoms with Crippen LogP contribution >= 0.6 is 11.5 Å². The molecule has 0 radical (unpaired) electrons. The van der Waals surface area contributed by atoms with E-state index in [0.29, 0.717) is 6.54 Å². The van der Waals surface area contributed by atoms with Crippen molar-refractivity contribution >= 4 is 17.6 Å². The Morgan fingerprint density at radius 3 is 3.00 bits per heavy atom. The third-order valence-electron chi connectivity index (χ3n) is 1.29. The Morgan fingerprint density at radius 1 is 1.75 bits per heavy atom. The first kappa shape index (κ1) is 8.99. The number of nitrogens with zero attached hydrogens (tertiary/aromatic N) is 1. The maximum atomic E-state index is 11.1. The van der Waals surface area contributed by atoms with Crippen LogP contribution in [-0.4, -0.2) is 16.5 Å². The van der Waals surface area contributed by atoms with Crippen molar-refractivity contribution in [3.8, 4) is 0 Å². The summed E-state index contributed by atoms with van der Waals surface area (Å²) < 4.78 is 1.09. The summed E-state index contributed by atoms with van der Waals surface area (Å²) in [6.45, 7) is 2.56. The molecule has 5 heteroatoms. The number of carbonyl (C=O) groups is 1. The van der Waals surface area contributed by atoms with E-state index in [1.165, 1.54) is 6.07 Å². The molecule has 0 saturated carbocycles. The summed E-state index contributed by atoms with van der Waals surface area (Å²) >= 11 is 1.10. The number of aromatic nitrogens is 1. The van der Waals surface area contributed by atoms with Crippen LogP contribution in [0.2, 0.25) is 0 Å².